The lowest BCUT2D eigenvalue weighted by Gasteiger charge is -2.15. The first-order valence-electron chi connectivity index (χ1n) is 3.76. The van der Waals surface area contributed by atoms with Crippen molar-refractivity contribution in [1.82, 2.24) is 0 Å². The number of hydrogen-bond donors (Lipinski definition) is 1. The van der Waals surface area contributed by atoms with Gasteiger partial charge in [-0.2, -0.15) is 13.2 Å². The van der Waals surface area contributed by atoms with Crippen molar-refractivity contribution in [3.63, 3.8) is 0 Å². The van der Waals surface area contributed by atoms with Gasteiger partial charge in [-0.05, 0) is 12.1 Å². The van der Waals surface area contributed by atoms with Gasteiger partial charge in [0.25, 0.3) is 0 Å². The molecule has 16 heavy (non-hydrogen) atoms. The number of benzene rings is 1. The molecule has 0 bridgehead atoms. The molecule has 1 aromatic carbocycles. The Hall–Kier alpha value is -1.60. The quantitative estimate of drug-likeness (QED) is 0.770. The van der Waals surface area contributed by atoms with E-state index < -0.39 is 29.6 Å². The van der Waals surface area contributed by atoms with Crippen LogP contribution in [0.4, 0.5) is 26.3 Å². The van der Waals surface area contributed by atoms with Crippen LogP contribution in [0, 0.1) is 0 Å². The normalized spacial score (nSPS) is 12.6. The number of phenols is 1. The van der Waals surface area contributed by atoms with E-state index in [0.717, 1.165) is 6.07 Å². The van der Waals surface area contributed by atoms with Crippen molar-refractivity contribution < 1.29 is 36.2 Å². The molecule has 1 aromatic rings. The van der Waals surface area contributed by atoms with E-state index in [0.29, 0.717) is 12.1 Å². The number of rotatable bonds is 1. The van der Waals surface area contributed by atoms with Gasteiger partial charge in [0, 0.05) is 0 Å². The molecule has 0 amide bonds. The fraction of sp³-hybridized carbons (Fsp3) is 0.250. The summed E-state index contributed by atoms with van der Waals surface area (Å²) in [5.74, 6) is -2.88. The molecular weight excluding hydrogens is 242 g/mol. The molecule has 0 unspecified atom stereocenters. The van der Waals surface area contributed by atoms with E-state index in [4.69, 9.17) is 5.11 Å². The second kappa shape index (κ2) is 3.76. The Kier molecular flexibility index (Phi) is 2.93. The van der Waals surface area contributed by atoms with E-state index in [9.17, 15) is 26.3 Å². The molecule has 0 saturated carbocycles. The van der Waals surface area contributed by atoms with Crippen molar-refractivity contribution in [3.8, 4) is 11.5 Å². The van der Waals surface area contributed by atoms with E-state index in [1.54, 1.807) is 0 Å². The first kappa shape index (κ1) is 12.5. The van der Waals surface area contributed by atoms with Gasteiger partial charge in [0.15, 0.2) is 11.5 Å². The highest BCUT2D eigenvalue weighted by atomic mass is 19.4. The van der Waals surface area contributed by atoms with Crippen LogP contribution in [0.15, 0.2) is 18.2 Å². The van der Waals surface area contributed by atoms with Crippen LogP contribution in [0.1, 0.15) is 5.56 Å². The van der Waals surface area contributed by atoms with Crippen molar-refractivity contribution >= 4 is 0 Å². The Bertz CT molecular complexity index is 381. The Morgan fingerprint density at radius 2 is 1.56 bits per heavy atom. The number of halogens is 6. The minimum atomic E-state index is -5.31. The highest BCUT2D eigenvalue weighted by molar-refractivity contribution is 5.47. The molecule has 8 heteroatoms. The number of alkyl halides is 6. The van der Waals surface area contributed by atoms with Crippen molar-refractivity contribution in [2.45, 2.75) is 12.5 Å². The van der Waals surface area contributed by atoms with Gasteiger partial charge in [0.2, 0.25) is 0 Å². The van der Waals surface area contributed by atoms with Crippen LogP contribution < -0.4 is 4.74 Å². The minimum absolute atomic E-state index is 0.376. The number of hydrogen-bond acceptors (Lipinski definition) is 2. The minimum Gasteiger partial charge on any atom is -0.504 e. The van der Waals surface area contributed by atoms with Crippen molar-refractivity contribution in [3.05, 3.63) is 23.8 Å². The van der Waals surface area contributed by atoms with Gasteiger partial charge in [-0.1, -0.05) is 6.07 Å². The third-order valence-electron chi connectivity index (χ3n) is 1.52. The summed E-state index contributed by atoms with van der Waals surface area (Å²) >= 11 is 0. The molecule has 90 valence electrons. The van der Waals surface area contributed by atoms with Crippen LogP contribution in [0.25, 0.3) is 0 Å². The molecular formula is C8H4F6O2. The third kappa shape index (κ3) is 2.94. The zero-order valence-electron chi connectivity index (χ0n) is 7.36. The molecule has 0 aromatic heterocycles. The molecule has 0 spiro atoms. The number of phenolic OH excluding ortho intramolecular Hbond substituents is 1. The summed E-state index contributed by atoms with van der Waals surface area (Å²) in [4.78, 5) is 0. The van der Waals surface area contributed by atoms with Crippen molar-refractivity contribution in [2.75, 3.05) is 0 Å². The topological polar surface area (TPSA) is 29.5 Å². The summed E-state index contributed by atoms with van der Waals surface area (Å²) in [5.41, 5.74) is -1.69. The molecule has 1 rings (SSSR count). The van der Waals surface area contributed by atoms with Gasteiger partial charge in [-0.25, -0.2) is 0 Å². The molecule has 0 atom stereocenters. The molecule has 0 aliphatic rings. The van der Waals surface area contributed by atoms with E-state index in [1.807, 2.05) is 0 Å². The SMILES string of the molecule is Oc1cccc(C(F)(F)F)c1OC(F)(F)F. The van der Waals surface area contributed by atoms with Gasteiger partial charge < -0.3 is 9.84 Å². The third-order valence-corrected chi connectivity index (χ3v) is 1.52. The lowest BCUT2D eigenvalue weighted by Crippen LogP contribution is -2.20. The number of aromatic hydroxyl groups is 1. The van der Waals surface area contributed by atoms with E-state index in [2.05, 4.69) is 4.74 Å². The largest absolute Gasteiger partial charge is 0.573 e. The second-order valence-electron chi connectivity index (χ2n) is 2.70. The fourth-order valence-corrected chi connectivity index (χ4v) is 0.971. The maximum Gasteiger partial charge on any atom is 0.573 e. The van der Waals surface area contributed by atoms with Crippen LogP contribution in [-0.4, -0.2) is 11.5 Å². The van der Waals surface area contributed by atoms with Gasteiger partial charge >= 0.3 is 12.5 Å². The van der Waals surface area contributed by atoms with Crippen LogP contribution in [-0.2, 0) is 6.18 Å². The summed E-state index contributed by atoms with van der Waals surface area (Å²) in [5, 5.41) is 8.89. The highest BCUT2D eigenvalue weighted by Gasteiger charge is 2.40. The lowest BCUT2D eigenvalue weighted by atomic mass is 10.2. The van der Waals surface area contributed by atoms with Crippen LogP contribution in [0.5, 0.6) is 11.5 Å². The Morgan fingerprint density at radius 3 is 2.00 bits per heavy atom. The summed E-state index contributed by atoms with van der Waals surface area (Å²) in [7, 11) is 0. The summed E-state index contributed by atoms with van der Waals surface area (Å²) in [6, 6.07) is 1.80. The van der Waals surface area contributed by atoms with Gasteiger partial charge in [-0.15, -0.1) is 13.2 Å². The maximum absolute atomic E-state index is 12.2. The summed E-state index contributed by atoms with van der Waals surface area (Å²) < 4.78 is 75.2. The maximum atomic E-state index is 12.2. The van der Waals surface area contributed by atoms with Gasteiger partial charge in [0.1, 0.15) is 5.56 Å². The smallest absolute Gasteiger partial charge is 0.504 e. The first-order chi connectivity index (χ1) is 7.11. The van der Waals surface area contributed by atoms with Gasteiger partial charge in [0.05, 0.1) is 0 Å². The molecule has 0 aliphatic carbocycles. The van der Waals surface area contributed by atoms with Gasteiger partial charge in [-0.3, -0.25) is 0 Å². The molecule has 0 heterocycles. The molecule has 0 aliphatic heterocycles. The Balaban J connectivity index is 3.25. The Morgan fingerprint density at radius 1 is 1.00 bits per heavy atom. The van der Waals surface area contributed by atoms with E-state index >= 15 is 0 Å². The lowest BCUT2D eigenvalue weighted by molar-refractivity contribution is -0.276. The summed E-state index contributed by atoms with van der Waals surface area (Å²) in [6.07, 6.45) is -10.3. The number of ether oxygens (including phenoxy) is 1. The molecule has 1 N–H and O–H groups in total. The first-order valence-corrected chi connectivity index (χ1v) is 3.76. The zero-order valence-corrected chi connectivity index (χ0v) is 7.36. The highest BCUT2D eigenvalue weighted by Crippen LogP contribution is 2.42. The predicted molar refractivity (Wildman–Crippen MR) is 39.8 cm³/mol. The van der Waals surface area contributed by atoms with Crippen LogP contribution in [0.2, 0.25) is 0 Å². The Labute approximate surface area is 85.1 Å². The average molecular weight is 246 g/mol. The van der Waals surface area contributed by atoms with E-state index in [-0.39, 0.29) is 0 Å². The monoisotopic (exact) mass is 246 g/mol. The fourth-order valence-electron chi connectivity index (χ4n) is 0.971. The average Bonchev–Trinajstić information content (AvgIpc) is 2.04. The number of para-hydroxylation sites is 1. The molecule has 0 fully saturated rings. The van der Waals surface area contributed by atoms with Crippen LogP contribution in [0.3, 0.4) is 0 Å². The zero-order chi connectivity index (χ0) is 12.6. The summed E-state index contributed by atoms with van der Waals surface area (Å²) in [6.45, 7) is 0. The van der Waals surface area contributed by atoms with Crippen molar-refractivity contribution in [2.24, 2.45) is 0 Å². The second-order valence-corrected chi connectivity index (χ2v) is 2.70. The molecule has 0 radical (unpaired) electrons. The molecule has 0 saturated heterocycles. The van der Waals surface area contributed by atoms with E-state index in [1.165, 1.54) is 0 Å². The standard InChI is InChI=1S/C8H4F6O2/c9-7(10,11)4-2-1-3-5(15)6(4)16-8(12,13)14/h1-3,15H. The predicted octanol–water partition coefficient (Wildman–Crippen LogP) is 3.31. The van der Waals surface area contributed by atoms with Crippen molar-refractivity contribution in [1.29, 1.82) is 0 Å². The van der Waals surface area contributed by atoms with Crippen LogP contribution >= 0.6 is 0 Å². The molecule has 2 nitrogen and oxygen atoms in total.